The Hall–Kier alpha value is -0.720. The summed E-state index contributed by atoms with van der Waals surface area (Å²) in [6, 6.07) is 0. The van der Waals surface area contributed by atoms with Crippen molar-refractivity contribution in [3.05, 3.63) is 23.5 Å². The largest absolute Gasteiger partial charge is 0.501 e. The number of hydrogen-bond donors (Lipinski definition) is 0. The third-order valence-corrected chi connectivity index (χ3v) is 1.58. The average molecular weight is 154 g/mol. The van der Waals surface area contributed by atoms with Crippen molar-refractivity contribution < 1.29 is 4.74 Å². The van der Waals surface area contributed by atoms with Crippen LogP contribution in [-0.2, 0) is 4.74 Å². The standard InChI is InChI=1S/C8H12O.C2H6/c1-7-3-5-8(9-2)6-4-7;1-2/h3,5H,4,6H2,1-2H3;1-2H3. The Morgan fingerprint density at radius 2 is 1.82 bits per heavy atom. The fourth-order valence-electron chi connectivity index (χ4n) is 0.892. The molecule has 64 valence electrons. The summed E-state index contributed by atoms with van der Waals surface area (Å²) >= 11 is 0. The highest BCUT2D eigenvalue weighted by Gasteiger charge is 2.00. The van der Waals surface area contributed by atoms with Gasteiger partial charge in [0.25, 0.3) is 0 Å². The van der Waals surface area contributed by atoms with Crippen molar-refractivity contribution in [1.29, 1.82) is 0 Å². The van der Waals surface area contributed by atoms with Gasteiger partial charge in [0.2, 0.25) is 0 Å². The van der Waals surface area contributed by atoms with Gasteiger partial charge < -0.3 is 4.74 Å². The van der Waals surface area contributed by atoms with E-state index in [9.17, 15) is 0 Å². The van der Waals surface area contributed by atoms with Gasteiger partial charge in [-0.15, -0.1) is 0 Å². The van der Waals surface area contributed by atoms with Crippen LogP contribution in [0.5, 0.6) is 0 Å². The fraction of sp³-hybridized carbons (Fsp3) is 0.600. The van der Waals surface area contributed by atoms with Gasteiger partial charge in [-0.2, -0.15) is 0 Å². The molecule has 0 heterocycles. The Morgan fingerprint density at radius 1 is 1.18 bits per heavy atom. The van der Waals surface area contributed by atoms with E-state index >= 15 is 0 Å². The summed E-state index contributed by atoms with van der Waals surface area (Å²) in [5.74, 6) is 1.10. The highest BCUT2D eigenvalue weighted by atomic mass is 16.5. The van der Waals surface area contributed by atoms with Crippen molar-refractivity contribution in [3.8, 4) is 0 Å². The van der Waals surface area contributed by atoms with Gasteiger partial charge in [0, 0.05) is 6.42 Å². The van der Waals surface area contributed by atoms with E-state index in [0.717, 1.165) is 18.6 Å². The van der Waals surface area contributed by atoms with Gasteiger partial charge in [-0.05, 0) is 19.4 Å². The van der Waals surface area contributed by atoms with E-state index in [1.54, 1.807) is 7.11 Å². The van der Waals surface area contributed by atoms with Gasteiger partial charge in [0.05, 0.1) is 12.9 Å². The van der Waals surface area contributed by atoms with Crippen LogP contribution in [0.2, 0.25) is 0 Å². The van der Waals surface area contributed by atoms with Crippen LogP contribution < -0.4 is 0 Å². The second kappa shape index (κ2) is 6.02. The van der Waals surface area contributed by atoms with Crippen molar-refractivity contribution in [2.75, 3.05) is 7.11 Å². The fourth-order valence-corrected chi connectivity index (χ4v) is 0.892. The first-order valence-corrected chi connectivity index (χ1v) is 4.23. The Morgan fingerprint density at radius 3 is 2.18 bits per heavy atom. The maximum atomic E-state index is 5.06. The lowest BCUT2D eigenvalue weighted by molar-refractivity contribution is 0.275. The lowest BCUT2D eigenvalue weighted by atomic mass is 10.1. The van der Waals surface area contributed by atoms with Gasteiger partial charge in [0.15, 0.2) is 0 Å². The molecule has 0 amide bonds. The quantitative estimate of drug-likeness (QED) is 0.563. The molecule has 0 saturated heterocycles. The molecule has 0 radical (unpaired) electrons. The van der Waals surface area contributed by atoms with Crippen LogP contribution in [0, 0.1) is 0 Å². The topological polar surface area (TPSA) is 9.23 Å². The molecule has 1 nitrogen and oxygen atoms in total. The van der Waals surface area contributed by atoms with Crippen molar-refractivity contribution in [2.24, 2.45) is 0 Å². The van der Waals surface area contributed by atoms with Crippen LogP contribution >= 0.6 is 0 Å². The van der Waals surface area contributed by atoms with E-state index in [0.29, 0.717) is 0 Å². The van der Waals surface area contributed by atoms with E-state index in [1.165, 1.54) is 5.57 Å². The zero-order valence-electron chi connectivity index (χ0n) is 7.98. The lowest BCUT2D eigenvalue weighted by Gasteiger charge is -2.09. The van der Waals surface area contributed by atoms with Crippen LogP contribution in [0.1, 0.15) is 33.6 Å². The summed E-state index contributed by atoms with van der Waals surface area (Å²) in [6.07, 6.45) is 6.37. The number of ether oxygens (including phenoxy) is 1. The van der Waals surface area contributed by atoms with Crippen LogP contribution in [0.25, 0.3) is 0 Å². The second-order valence-electron chi connectivity index (χ2n) is 2.35. The predicted molar refractivity (Wildman–Crippen MR) is 49.4 cm³/mol. The molecule has 1 aliphatic rings. The Labute approximate surface area is 69.8 Å². The third-order valence-electron chi connectivity index (χ3n) is 1.58. The summed E-state index contributed by atoms with van der Waals surface area (Å²) in [7, 11) is 1.72. The minimum Gasteiger partial charge on any atom is -0.501 e. The van der Waals surface area contributed by atoms with Gasteiger partial charge in [0.1, 0.15) is 0 Å². The number of rotatable bonds is 1. The molecule has 0 bridgehead atoms. The highest BCUT2D eigenvalue weighted by Crippen LogP contribution is 2.17. The van der Waals surface area contributed by atoms with E-state index in [-0.39, 0.29) is 0 Å². The minimum absolute atomic E-state index is 1.07. The molecule has 1 aliphatic carbocycles. The molecule has 11 heavy (non-hydrogen) atoms. The Bertz CT molecular complexity index is 154. The molecule has 0 aromatic rings. The molecular formula is C10H18O. The maximum absolute atomic E-state index is 5.06. The molecule has 1 rings (SSSR count). The van der Waals surface area contributed by atoms with E-state index < -0.39 is 0 Å². The second-order valence-corrected chi connectivity index (χ2v) is 2.35. The molecule has 0 saturated carbocycles. The minimum atomic E-state index is 1.07. The molecule has 1 heteroatoms. The summed E-state index contributed by atoms with van der Waals surface area (Å²) in [5.41, 5.74) is 1.44. The molecule has 0 N–H and O–H groups in total. The van der Waals surface area contributed by atoms with Crippen molar-refractivity contribution in [1.82, 2.24) is 0 Å². The smallest absolute Gasteiger partial charge is 0.0958 e. The summed E-state index contributed by atoms with van der Waals surface area (Å²) in [6.45, 7) is 6.14. The number of allylic oxidation sites excluding steroid dienone is 4. The lowest BCUT2D eigenvalue weighted by Crippen LogP contribution is -1.92. The van der Waals surface area contributed by atoms with Crippen molar-refractivity contribution >= 4 is 0 Å². The number of methoxy groups -OCH3 is 1. The van der Waals surface area contributed by atoms with E-state index in [2.05, 4.69) is 13.0 Å². The first-order valence-electron chi connectivity index (χ1n) is 4.23. The number of hydrogen-bond acceptors (Lipinski definition) is 1. The predicted octanol–water partition coefficient (Wildman–Crippen LogP) is 3.28. The van der Waals surface area contributed by atoms with Gasteiger partial charge in [-0.1, -0.05) is 25.5 Å². The zero-order valence-corrected chi connectivity index (χ0v) is 7.98. The maximum Gasteiger partial charge on any atom is 0.0958 e. The Kier molecular flexibility index (Phi) is 5.63. The van der Waals surface area contributed by atoms with Crippen LogP contribution in [-0.4, -0.2) is 7.11 Å². The van der Waals surface area contributed by atoms with Crippen molar-refractivity contribution in [3.63, 3.8) is 0 Å². The SMILES string of the molecule is CC.COC1=CC=C(C)CC1. The first-order chi connectivity index (χ1) is 5.33. The van der Waals surface area contributed by atoms with E-state index in [4.69, 9.17) is 4.74 Å². The molecule has 0 aromatic heterocycles. The highest BCUT2D eigenvalue weighted by molar-refractivity contribution is 5.19. The van der Waals surface area contributed by atoms with Crippen LogP contribution in [0.4, 0.5) is 0 Å². The molecule has 0 aromatic carbocycles. The third kappa shape index (κ3) is 3.87. The zero-order chi connectivity index (χ0) is 8.69. The normalized spacial score (nSPS) is 15.6. The molecule has 0 spiro atoms. The molecular weight excluding hydrogens is 136 g/mol. The van der Waals surface area contributed by atoms with Gasteiger partial charge >= 0.3 is 0 Å². The monoisotopic (exact) mass is 154 g/mol. The van der Waals surface area contributed by atoms with Crippen LogP contribution in [0.15, 0.2) is 23.5 Å². The summed E-state index contributed by atoms with van der Waals surface area (Å²) < 4.78 is 5.06. The first kappa shape index (κ1) is 10.3. The molecule has 0 unspecified atom stereocenters. The molecule has 0 atom stereocenters. The van der Waals surface area contributed by atoms with Crippen molar-refractivity contribution in [2.45, 2.75) is 33.6 Å². The Balaban J connectivity index is 0.000000461. The summed E-state index contributed by atoms with van der Waals surface area (Å²) in [4.78, 5) is 0. The summed E-state index contributed by atoms with van der Waals surface area (Å²) in [5, 5.41) is 0. The molecule has 0 aliphatic heterocycles. The van der Waals surface area contributed by atoms with Crippen LogP contribution in [0.3, 0.4) is 0 Å². The van der Waals surface area contributed by atoms with Gasteiger partial charge in [-0.25, -0.2) is 0 Å². The average Bonchev–Trinajstić information content (AvgIpc) is 2.10. The molecule has 0 fully saturated rings. The van der Waals surface area contributed by atoms with Gasteiger partial charge in [-0.3, -0.25) is 0 Å². The van der Waals surface area contributed by atoms with E-state index in [1.807, 2.05) is 19.9 Å².